The van der Waals surface area contributed by atoms with Gasteiger partial charge in [0.25, 0.3) is 0 Å². The maximum absolute atomic E-state index is 11.8. The van der Waals surface area contributed by atoms with Crippen LogP contribution in [0, 0.1) is 0 Å². The topological polar surface area (TPSA) is 65.2 Å². The second-order valence-corrected chi connectivity index (χ2v) is 5.46. The van der Waals surface area contributed by atoms with Gasteiger partial charge in [-0.1, -0.05) is 24.3 Å². The molecule has 0 spiro atoms. The molecule has 1 aromatic heterocycles. The van der Waals surface area contributed by atoms with Gasteiger partial charge in [0, 0.05) is 50.1 Å². The number of carbonyl (C=O) groups is 2. The van der Waals surface area contributed by atoms with Crippen molar-refractivity contribution in [2.45, 2.75) is 19.8 Å². The summed E-state index contributed by atoms with van der Waals surface area (Å²) in [7, 11) is 0. The molecule has 5 heteroatoms. The molecule has 0 saturated carbocycles. The van der Waals surface area contributed by atoms with Crippen molar-refractivity contribution in [3.8, 4) is 0 Å². The molecule has 2 N–H and O–H groups in total. The second kappa shape index (κ2) is 8.17. The Morgan fingerprint density at radius 2 is 2.09 bits per heavy atom. The van der Waals surface area contributed by atoms with Crippen LogP contribution in [0.25, 0.3) is 10.9 Å². The van der Waals surface area contributed by atoms with E-state index in [-0.39, 0.29) is 11.8 Å². The Morgan fingerprint density at radius 1 is 1.30 bits per heavy atom. The Hall–Kier alpha value is -2.56. The number of hydrogen-bond donors (Lipinski definition) is 2. The number of aromatic nitrogens is 1. The summed E-state index contributed by atoms with van der Waals surface area (Å²) >= 11 is 0. The first kappa shape index (κ1) is 16.8. The summed E-state index contributed by atoms with van der Waals surface area (Å²) in [5.74, 6) is -0.0791. The van der Waals surface area contributed by atoms with Gasteiger partial charge in [-0.25, -0.2) is 0 Å². The third kappa shape index (κ3) is 4.71. The van der Waals surface area contributed by atoms with Crippen molar-refractivity contribution in [3.63, 3.8) is 0 Å². The van der Waals surface area contributed by atoms with Crippen LogP contribution in [0.4, 0.5) is 0 Å². The number of benzene rings is 1. The van der Waals surface area contributed by atoms with Crippen molar-refractivity contribution >= 4 is 22.7 Å². The number of hydrogen-bond acceptors (Lipinski definition) is 2. The lowest BCUT2D eigenvalue weighted by Crippen LogP contribution is -2.35. The SMILES string of the molecule is C=CCNC(=O)CCN(CCc1c[nH]c2ccccc12)C(C)=O. The smallest absolute Gasteiger partial charge is 0.222 e. The van der Waals surface area contributed by atoms with Crippen LogP contribution in [0.5, 0.6) is 0 Å². The van der Waals surface area contributed by atoms with E-state index in [4.69, 9.17) is 0 Å². The minimum absolute atomic E-state index is 0.0126. The van der Waals surface area contributed by atoms with Gasteiger partial charge in [-0.2, -0.15) is 0 Å². The molecule has 2 amide bonds. The summed E-state index contributed by atoms with van der Waals surface area (Å²) in [6.07, 6.45) is 4.69. The number of H-pyrrole nitrogens is 1. The first-order chi connectivity index (χ1) is 11.1. The number of carbonyl (C=O) groups excluding carboxylic acids is 2. The van der Waals surface area contributed by atoms with E-state index in [2.05, 4.69) is 22.9 Å². The molecule has 2 rings (SSSR count). The molecule has 0 aliphatic heterocycles. The van der Waals surface area contributed by atoms with Crippen molar-refractivity contribution in [1.29, 1.82) is 0 Å². The lowest BCUT2D eigenvalue weighted by atomic mass is 10.1. The zero-order valence-corrected chi connectivity index (χ0v) is 13.5. The predicted octanol–water partition coefficient (Wildman–Crippen LogP) is 2.25. The van der Waals surface area contributed by atoms with Crippen LogP contribution in [0.2, 0.25) is 0 Å². The van der Waals surface area contributed by atoms with Crippen LogP contribution < -0.4 is 5.32 Å². The number of nitrogens with zero attached hydrogens (tertiary/aromatic N) is 1. The molecule has 0 aliphatic rings. The van der Waals surface area contributed by atoms with E-state index < -0.39 is 0 Å². The van der Waals surface area contributed by atoms with E-state index in [0.717, 1.165) is 11.9 Å². The highest BCUT2D eigenvalue weighted by Gasteiger charge is 2.12. The van der Waals surface area contributed by atoms with Gasteiger partial charge in [-0.05, 0) is 18.1 Å². The van der Waals surface area contributed by atoms with Crippen LogP contribution in [-0.2, 0) is 16.0 Å². The molecule has 0 bridgehead atoms. The zero-order valence-electron chi connectivity index (χ0n) is 13.5. The lowest BCUT2D eigenvalue weighted by molar-refractivity contribution is -0.129. The number of amides is 2. The number of rotatable bonds is 8. The van der Waals surface area contributed by atoms with Crippen LogP contribution in [-0.4, -0.2) is 41.3 Å². The van der Waals surface area contributed by atoms with E-state index in [1.807, 2.05) is 24.4 Å². The molecular formula is C18H23N3O2. The second-order valence-electron chi connectivity index (χ2n) is 5.46. The van der Waals surface area contributed by atoms with Gasteiger partial charge in [-0.3, -0.25) is 9.59 Å². The number of aromatic amines is 1. The molecule has 1 aromatic carbocycles. The summed E-state index contributed by atoms with van der Waals surface area (Å²) in [4.78, 5) is 28.4. The zero-order chi connectivity index (χ0) is 16.7. The fraction of sp³-hybridized carbons (Fsp3) is 0.333. The third-order valence-electron chi connectivity index (χ3n) is 3.82. The van der Waals surface area contributed by atoms with Gasteiger partial charge in [0.15, 0.2) is 0 Å². The summed E-state index contributed by atoms with van der Waals surface area (Å²) in [5, 5.41) is 3.90. The minimum Gasteiger partial charge on any atom is -0.361 e. The lowest BCUT2D eigenvalue weighted by Gasteiger charge is -2.20. The quantitative estimate of drug-likeness (QED) is 0.734. The van der Waals surface area contributed by atoms with E-state index in [1.54, 1.807) is 11.0 Å². The molecule has 122 valence electrons. The van der Waals surface area contributed by atoms with Crippen LogP contribution in [0.1, 0.15) is 18.9 Å². The van der Waals surface area contributed by atoms with Gasteiger partial charge in [0.1, 0.15) is 0 Å². The predicted molar refractivity (Wildman–Crippen MR) is 92.1 cm³/mol. The number of nitrogens with one attached hydrogen (secondary N) is 2. The average molecular weight is 313 g/mol. The van der Waals surface area contributed by atoms with Gasteiger partial charge < -0.3 is 15.2 Å². The largest absolute Gasteiger partial charge is 0.361 e. The fourth-order valence-corrected chi connectivity index (χ4v) is 2.53. The molecule has 0 fully saturated rings. The normalized spacial score (nSPS) is 10.5. The van der Waals surface area contributed by atoms with Crippen LogP contribution >= 0.6 is 0 Å². The van der Waals surface area contributed by atoms with Gasteiger partial charge >= 0.3 is 0 Å². The molecule has 5 nitrogen and oxygen atoms in total. The summed E-state index contributed by atoms with van der Waals surface area (Å²) in [6, 6.07) is 8.10. The maximum Gasteiger partial charge on any atom is 0.222 e. The molecule has 0 unspecified atom stereocenters. The summed E-state index contributed by atoms with van der Waals surface area (Å²) in [5.41, 5.74) is 2.28. The number of para-hydroxylation sites is 1. The Morgan fingerprint density at radius 3 is 2.83 bits per heavy atom. The summed E-state index contributed by atoms with van der Waals surface area (Å²) in [6.45, 7) is 6.58. The number of fused-ring (bicyclic) bond motifs is 1. The highest BCUT2D eigenvalue weighted by atomic mass is 16.2. The highest BCUT2D eigenvalue weighted by Crippen LogP contribution is 2.18. The Labute approximate surface area is 136 Å². The average Bonchev–Trinajstić information content (AvgIpc) is 2.96. The molecule has 0 atom stereocenters. The monoisotopic (exact) mass is 313 g/mol. The van der Waals surface area contributed by atoms with E-state index >= 15 is 0 Å². The van der Waals surface area contributed by atoms with Crippen molar-refractivity contribution in [2.75, 3.05) is 19.6 Å². The molecular weight excluding hydrogens is 290 g/mol. The van der Waals surface area contributed by atoms with Gasteiger partial charge in [0.2, 0.25) is 11.8 Å². The van der Waals surface area contributed by atoms with Crippen LogP contribution in [0.15, 0.2) is 43.1 Å². The Bertz CT molecular complexity index is 690. The van der Waals surface area contributed by atoms with E-state index in [1.165, 1.54) is 17.9 Å². The van der Waals surface area contributed by atoms with Crippen molar-refractivity contribution in [2.24, 2.45) is 0 Å². The van der Waals surface area contributed by atoms with Gasteiger partial charge in [-0.15, -0.1) is 6.58 Å². The standard InChI is InChI=1S/C18H23N3O2/c1-3-10-19-18(23)9-12-21(14(2)22)11-8-15-13-20-17-7-5-4-6-16(15)17/h3-7,13,20H,1,8-12H2,2H3,(H,19,23). The highest BCUT2D eigenvalue weighted by molar-refractivity contribution is 5.83. The molecule has 0 saturated heterocycles. The van der Waals surface area contributed by atoms with Crippen molar-refractivity contribution in [3.05, 3.63) is 48.7 Å². The van der Waals surface area contributed by atoms with E-state index in [0.29, 0.717) is 26.1 Å². The maximum atomic E-state index is 11.8. The first-order valence-electron chi connectivity index (χ1n) is 7.80. The molecule has 1 heterocycles. The van der Waals surface area contributed by atoms with E-state index in [9.17, 15) is 9.59 Å². The molecule has 0 aliphatic carbocycles. The molecule has 0 radical (unpaired) electrons. The van der Waals surface area contributed by atoms with Gasteiger partial charge in [0.05, 0.1) is 0 Å². The van der Waals surface area contributed by atoms with Crippen LogP contribution in [0.3, 0.4) is 0 Å². The fourth-order valence-electron chi connectivity index (χ4n) is 2.53. The molecule has 23 heavy (non-hydrogen) atoms. The Kier molecular flexibility index (Phi) is 5.97. The first-order valence-corrected chi connectivity index (χ1v) is 7.80. The minimum atomic E-state index is -0.0664. The Balaban J connectivity index is 1.91. The summed E-state index contributed by atoms with van der Waals surface area (Å²) < 4.78 is 0. The van der Waals surface area contributed by atoms with Crippen molar-refractivity contribution < 1.29 is 9.59 Å². The molecule has 2 aromatic rings. The van der Waals surface area contributed by atoms with Crippen molar-refractivity contribution in [1.82, 2.24) is 15.2 Å². The third-order valence-corrected chi connectivity index (χ3v) is 3.82.